The SMILES string of the molecule is Cc1cc2cc(CC(=O)N3CCOC(c4ccc(Cl)cc4)C3)ccc2[nH]c1=O. The molecule has 1 aliphatic rings. The van der Waals surface area contributed by atoms with Gasteiger partial charge in [0.25, 0.3) is 5.56 Å². The Kier molecular flexibility index (Phi) is 5.20. The van der Waals surface area contributed by atoms with Crippen molar-refractivity contribution in [3.8, 4) is 0 Å². The zero-order valence-electron chi connectivity index (χ0n) is 15.6. The molecule has 0 radical (unpaired) electrons. The number of amides is 1. The molecule has 2 aromatic carbocycles. The molecule has 1 atom stereocenters. The van der Waals surface area contributed by atoms with Crippen molar-refractivity contribution < 1.29 is 9.53 Å². The van der Waals surface area contributed by atoms with Crippen LogP contribution < -0.4 is 5.56 Å². The molecule has 28 heavy (non-hydrogen) atoms. The van der Waals surface area contributed by atoms with Crippen LogP contribution in [0.1, 0.15) is 22.8 Å². The van der Waals surface area contributed by atoms with E-state index in [4.69, 9.17) is 16.3 Å². The second-order valence-electron chi connectivity index (χ2n) is 7.13. The molecular weight excluding hydrogens is 376 g/mol. The topological polar surface area (TPSA) is 62.4 Å². The zero-order chi connectivity index (χ0) is 19.7. The van der Waals surface area contributed by atoms with Crippen LogP contribution in [0, 0.1) is 6.92 Å². The number of ether oxygens (including phenoxy) is 1. The third kappa shape index (κ3) is 3.96. The van der Waals surface area contributed by atoms with Crippen LogP contribution in [0.25, 0.3) is 10.9 Å². The number of aromatic nitrogens is 1. The first kappa shape index (κ1) is 18.7. The summed E-state index contributed by atoms with van der Waals surface area (Å²) in [5, 5.41) is 1.61. The molecule has 1 fully saturated rings. The highest BCUT2D eigenvalue weighted by Gasteiger charge is 2.25. The zero-order valence-corrected chi connectivity index (χ0v) is 16.3. The van der Waals surface area contributed by atoms with E-state index < -0.39 is 0 Å². The number of hydrogen-bond donors (Lipinski definition) is 1. The van der Waals surface area contributed by atoms with Crippen LogP contribution in [0.2, 0.25) is 5.02 Å². The summed E-state index contributed by atoms with van der Waals surface area (Å²) in [6.07, 6.45) is 0.181. The molecule has 4 rings (SSSR count). The van der Waals surface area contributed by atoms with Crippen LogP contribution in [-0.2, 0) is 16.0 Å². The molecule has 5 nitrogen and oxygen atoms in total. The highest BCUT2D eigenvalue weighted by Crippen LogP contribution is 2.24. The Labute approximate surface area is 167 Å². The van der Waals surface area contributed by atoms with E-state index in [9.17, 15) is 9.59 Å². The maximum Gasteiger partial charge on any atom is 0.251 e. The summed E-state index contributed by atoms with van der Waals surface area (Å²) in [6.45, 7) is 3.40. The number of nitrogens with one attached hydrogen (secondary N) is 1. The Morgan fingerprint density at radius 3 is 2.79 bits per heavy atom. The van der Waals surface area contributed by atoms with Crippen LogP contribution in [0.3, 0.4) is 0 Å². The Bertz CT molecular complexity index is 1080. The fraction of sp³-hybridized carbons (Fsp3) is 0.273. The quantitative estimate of drug-likeness (QED) is 0.735. The first-order chi connectivity index (χ1) is 13.5. The lowest BCUT2D eigenvalue weighted by molar-refractivity contribution is -0.138. The first-order valence-corrected chi connectivity index (χ1v) is 9.65. The second-order valence-corrected chi connectivity index (χ2v) is 7.57. The average Bonchev–Trinajstić information content (AvgIpc) is 2.70. The number of benzene rings is 2. The third-order valence-electron chi connectivity index (χ3n) is 5.11. The molecule has 1 amide bonds. The molecule has 144 valence electrons. The molecular formula is C22H21ClN2O3. The van der Waals surface area contributed by atoms with E-state index in [0.717, 1.165) is 22.0 Å². The van der Waals surface area contributed by atoms with Crippen LogP contribution in [-0.4, -0.2) is 35.5 Å². The number of pyridine rings is 1. The number of morpholine rings is 1. The van der Waals surface area contributed by atoms with Gasteiger partial charge in [-0.05, 0) is 53.8 Å². The number of carbonyl (C=O) groups excluding carboxylic acids is 1. The number of aryl methyl sites for hydroxylation is 1. The number of aromatic amines is 1. The molecule has 0 spiro atoms. The van der Waals surface area contributed by atoms with Gasteiger partial charge in [0.05, 0.1) is 19.6 Å². The fourth-order valence-electron chi connectivity index (χ4n) is 3.52. The van der Waals surface area contributed by atoms with Crippen molar-refractivity contribution in [1.82, 2.24) is 9.88 Å². The maximum absolute atomic E-state index is 12.8. The summed E-state index contributed by atoms with van der Waals surface area (Å²) in [6, 6.07) is 15.1. The van der Waals surface area contributed by atoms with E-state index in [1.165, 1.54) is 0 Å². The van der Waals surface area contributed by atoms with Crippen molar-refractivity contribution in [2.24, 2.45) is 0 Å². The predicted molar refractivity (Wildman–Crippen MR) is 110 cm³/mol. The van der Waals surface area contributed by atoms with Gasteiger partial charge in [-0.15, -0.1) is 0 Å². The van der Waals surface area contributed by atoms with Gasteiger partial charge in [0.2, 0.25) is 5.91 Å². The van der Waals surface area contributed by atoms with Gasteiger partial charge in [0.1, 0.15) is 6.10 Å². The van der Waals surface area contributed by atoms with Crippen molar-refractivity contribution in [2.45, 2.75) is 19.4 Å². The Balaban J connectivity index is 1.48. The van der Waals surface area contributed by atoms with Gasteiger partial charge in [0.15, 0.2) is 0 Å². The molecule has 0 aliphatic carbocycles. The smallest absolute Gasteiger partial charge is 0.251 e. The van der Waals surface area contributed by atoms with E-state index in [-0.39, 0.29) is 17.6 Å². The molecule has 1 saturated heterocycles. The molecule has 1 unspecified atom stereocenters. The molecule has 1 N–H and O–H groups in total. The van der Waals surface area contributed by atoms with Gasteiger partial charge in [-0.2, -0.15) is 0 Å². The molecule has 0 bridgehead atoms. The van der Waals surface area contributed by atoms with E-state index in [2.05, 4.69) is 4.98 Å². The standard InChI is InChI=1S/C22H21ClN2O3/c1-14-10-17-11-15(2-7-19(17)24-22(14)27)12-21(26)25-8-9-28-20(13-25)16-3-5-18(23)6-4-16/h2-7,10-11,20H,8-9,12-13H2,1H3,(H,24,27). The van der Waals surface area contributed by atoms with Crippen LogP contribution in [0.4, 0.5) is 0 Å². The second kappa shape index (κ2) is 7.78. The Morgan fingerprint density at radius 1 is 1.21 bits per heavy atom. The third-order valence-corrected chi connectivity index (χ3v) is 5.36. The van der Waals surface area contributed by atoms with Gasteiger partial charge in [-0.3, -0.25) is 9.59 Å². The molecule has 0 saturated carbocycles. The molecule has 1 aliphatic heterocycles. The van der Waals surface area contributed by atoms with Crippen molar-refractivity contribution in [2.75, 3.05) is 19.7 Å². The summed E-state index contributed by atoms with van der Waals surface area (Å²) >= 11 is 5.95. The van der Waals surface area contributed by atoms with Crippen molar-refractivity contribution >= 4 is 28.4 Å². The average molecular weight is 397 g/mol. The monoisotopic (exact) mass is 396 g/mol. The Morgan fingerprint density at radius 2 is 2.00 bits per heavy atom. The Hall–Kier alpha value is -2.63. The number of nitrogens with zero attached hydrogens (tertiary/aromatic N) is 1. The highest BCUT2D eigenvalue weighted by atomic mass is 35.5. The van der Waals surface area contributed by atoms with Gasteiger partial charge in [0, 0.05) is 22.6 Å². The number of hydrogen-bond acceptors (Lipinski definition) is 3. The molecule has 6 heteroatoms. The van der Waals surface area contributed by atoms with E-state index in [0.29, 0.717) is 36.7 Å². The number of halogens is 1. The first-order valence-electron chi connectivity index (χ1n) is 9.27. The number of fused-ring (bicyclic) bond motifs is 1. The minimum absolute atomic E-state index is 0.0720. The largest absolute Gasteiger partial charge is 0.370 e. The lowest BCUT2D eigenvalue weighted by Crippen LogP contribution is -2.42. The summed E-state index contributed by atoms with van der Waals surface area (Å²) in [5.41, 5.74) is 3.30. The van der Waals surface area contributed by atoms with Gasteiger partial charge < -0.3 is 14.6 Å². The van der Waals surface area contributed by atoms with Crippen molar-refractivity contribution in [3.63, 3.8) is 0 Å². The van der Waals surface area contributed by atoms with Crippen LogP contribution >= 0.6 is 11.6 Å². The summed E-state index contributed by atoms with van der Waals surface area (Å²) in [4.78, 5) is 29.3. The van der Waals surface area contributed by atoms with E-state index >= 15 is 0 Å². The molecule has 3 aromatic rings. The van der Waals surface area contributed by atoms with Gasteiger partial charge in [-0.1, -0.05) is 29.8 Å². The number of rotatable bonds is 3. The maximum atomic E-state index is 12.8. The van der Waals surface area contributed by atoms with Crippen LogP contribution in [0.5, 0.6) is 0 Å². The minimum atomic E-state index is -0.140. The molecule has 1 aromatic heterocycles. The number of H-pyrrole nitrogens is 1. The fourth-order valence-corrected chi connectivity index (χ4v) is 3.64. The highest BCUT2D eigenvalue weighted by molar-refractivity contribution is 6.30. The lowest BCUT2D eigenvalue weighted by atomic mass is 10.0. The summed E-state index contributed by atoms with van der Waals surface area (Å²) in [5.74, 6) is 0.0720. The van der Waals surface area contributed by atoms with Gasteiger partial charge in [-0.25, -0.2) is 0 Å². The molecule has 2 heterocycles. The van der Waals surface area contributed by atoms with Crippen LogP contribution in [0.15, 0.2) is 53.3 Å². The predicted octanol–water partition coefficient (Wildman–Crippen LogP) is 3.63. The summed E-state index contributed by atoms with van der Waals surface area (Å²) < 4.78 is 5.85. The van der Waals surface area contributed by atoms with Crippen molar-refractivity contribution in [3.05, 3.63) is 80.6 Å². The minimum Gasteiger partial charge on any atom is -0.370 e. The normalized spacial score (nSPS) is 17.1. The summed E-state index contributed by atoms with van der Waals surface area (Å²) in [7, 11) is 0. The van der Waals surface area contributed by atoms with E-state index in [1.54, 1.807) is 6.92 Å². The van der Waals surface area contributed by atoms with Gasteiger partial charge >= 0.3 is 0 Å². The van der Waals surface area contributed by atoms with Crippen molar-refractivity contribution in [1.29, 1.82) is 0 Å². The number of carbonyl (C=O) groups is 1. The van der Waals surface area contributed by atoms with E-state index in [1.807, 2.05) is 53.4 Å². The lowest BCUT2D eigenvalue weighted by Gasteiger charge is -2.33.